The van der Waals surface area contributed by atoms with E-state index in [9.17, 15) is 15.0 Å². The van der Waals surface area contributed by atoms with Gasteiger partial charge in [-0.05, 0) is 43.4 Å². The molecule has 2 N–H and O–H groups in total. The Morgan fingerprint density at radius 3 is 2.50 bits per heavy atom. The van der Waals surface area contributed by atoms with E-state index in [0.29, 0.717) is 44.0 Å². The number of benzene rings is 1. The van der Waals surface area contributed by atoms with Crippen molar-refractivity contribution in [1.82, 2.24) is 19.7 Å². The molecule has 4 heterocycles. The number of pyridine rings is 1. The van der Waals surface area contributed by atoms with Crippen molar-refractivity contribution in [3.05, 3.63) is 58.8 Å². The van der Waals surface area contributed by atoms with E-state index < -0.39 is 6.10 Å². The first-order valence-corrected chi connectivity index (χ1v) is 13.3. The maximum atomic E-state index is 13.1. The Morgan fingerprint density at radius 1 is 0.944 bits per heavy atom. The lowest BCUT2D eigenvalue weighted by Gasteiger charge is -2.34. The van der Waals surface area contributed by atoms with Crippen molar-refractivity contribution in [2.75, 3.05) is 45.8 Å². The Bertz CT molecular complexity index is 1050. The van der Waals surface area contributed by atoms with Crippen LogP contribution in [0.5, 0.6) is 5.88 Å². The average molecular weight is 495 g/mol. The van der Waals surface area contributed by atoms with Crippen molar-refractivity contribution in [2.45, 2.75) is 57.5 Å². The minimum absolute atomic E-state index is 0.0650. The van der Waals surface area contributed by atoms with Crippen molar-refractivity contribution in [3.8, 4) is 5.88 Å². The molecule has 5 rings (SSSR count). The van der Waals surface area contributed by atoms with Crippen LogP contribution in [0.1, 0.15) is 46.9 Å². The quantitative estimate of drug-likeness (QED) is 0.578. The van der Waals surface area contributed by atoms with Crippen LogP contribution in [0, 0.1) is 0 Å². The van der Waals surface area contributed by atoms with Gasteiger partial charge >= 0.3 is 0 Å². The first-order chi connectivity index (χ1) is 17.4. The van der Waals surface area contributed by atoms with E-state index in [1.807, 2.05) is 13.0 Å². The van der Waals surface area contributed by atoms with Gasteiger partial charge in [-0.1, -0.05) is 24.3 Å². The van der Waals surface area contributed by atoms with Crippen LogP contribution >= 0.6 is 0 Å². The van der Waals surface area contributed by atoms with E-state index in [4.69, 9.17) is 4.74 Å². The Balaban J connectivity index is 1.12. The lowest BCUT2D eigenvalue weighted by Crippen LogP contribution is -2.46. The molecule has 1 fully saturated rings. The van der Waals surface area contributed by atoms with Gasteiger partial charge in [-0.3, -0.25) is 9.69 Å². The molecule has 0 saturated carbocycles. The Hall–Kier alpha value is -2.52. The molecule has 2 unspecified atom stereocenters. The van der Waals surface area contributed by atoms with Gasteiger partial charge in [0.25, 0.3) is 5.91 Å². The minimum Gasteiger partial charge on any atom is -0.474 e. The fourth-order valence-corrected chi connectivity index (χ4v) is 5.69. The molecule has 2 aromatic rings. The number of β-amino-alcohol motifs (C(OH)–C–C–N with tert-alkyl or cyclic N) is 2. The van der Waals surface area contributed by atoms with Gasteiger partial charge in [0.05, 0.1) is 23.5 Å². The summed E-state index contributed by atoms with van der Waals surface area (Å²) < 4.78 is 6.14. The highest BCUT2D eigenvalue weighted by molar-refractivity contribution is 5.96. The highest BCUT2D eigenvalue weighted by Crippen LogP contribution is 2.24. The molecular weight excluding hydrogens is 456 g/mol. The second kappa shape index (κ2) is 11.3. The summed E-state index contributed by atoms with van der Waals surface area (Å²) in [5.74, 6) is 0.513. The van der Waals surface area contributed by atoms with Crippen LogP contribution in [-0.2, 0) is 19.4 Å². The van der Waals surface area contributed by atoms with Crippen LogP contribution in [0.3, 0.4) is 0 Å². The molecule has 0 spiro atoms. The summed E-state index contributed by atoms with van der Waals surface area (Å²) in [5, 5.41) is 20.4. The first kappa shape index (κ1) is 25.1. The summed E-state index contributed by atoms with van der Waals surface area (Å²) in [6.45, 7) is 7.54. The van der Waals surface area contributed by atoms with E-state index in [1.54, 1.807) is 11.0 Å². The van der Waals surface area contributed by atoms with Gasteiger partial charge in [-0.2, -0.15) is 0 Å². The largest absolute Gasteiger partial charge is 0.474 e. The summed E-state index contributed by atoms with van der Waals surface area (Å²) >= 11 is 0. The lowest BCUT2D eigenvalue weighted by molar-refractivity contribution is 0.0488. The van der Waals surface area contributed by atoms with Gasteiger partial charge in [0.15, 0.2) is 0 Å². The minimum atomic E-state index is -0.587. The molecule has 1 aromatic heterocycles. The van der Waals surface area contributed by atoms with Crippen molar-refractivity contribution in [1.29, 1.82) is 0 Å². The van der Waals surface area contributed by atoms with Gasteiger partial charge in [-0.15, -0.1) is 0 Å². The maximum absolute atomic E-state index is 13.1. The summed E-state index contributed by atoms with van der Waals surface area (Å²) in [6, 6.07) is 12.1. The third kappa shape index (κ3) is 6.06. The van der Waals surface area contributed by atoms with E-state index in [1.165, 1.54) is 11.1 Å². The zero-order chi connectivity index (χ0) is 25.1. The number of aliphatic hydroxyl groups is 2. The molecule has 2 atom stereocenters. The van der Waals surface area contributed by atoms with Crippen molar-refractivity contribution < 1.29 is 19.7 Å². The number of likely N-dealkylation sites (tertiary alicyclic amines) is 1. The van der Waals surface area contributed by atoms with Crippen molar-refractivity contribution >= 4 is 5.91 Å². The second-order valence-electron chi connectivity index (χ2n) is 10.5. The van der Waals surface area contributed by atoms with Gasteiger partial charge < -0.3 is 24.7 Å². The second-order valence-corrected chi connectivity index (χ2v) is 10.5. The molecule has 0 radical (unpaired) electrons. The Kier molecular flexibility index (Phi) is 7.86. The molecule has 1 saturated heterocycles. The molecule has 0 bridgehead atoms. The third-order valence-corrected chi connectivity index (χ3v) is 7.54. The summed E-state index contributed by atoms with van der Waals surface area (Å²) in [6.07, 6.45) is 2.66. The zero-order valence-electron chi connectivity index (χ0n) is 21.2. The molecule has 8 heteroatoms. The molecule has 194 valence electrons. The molecule has 3 aliphatic rings. The summed E-state index contributed by atoms with van der Waals surface area (Å²) in [5.41, 5.74) is 4.11. The number of aliphatic hydroxyl groups excluding tert-OH is 2. The molecule has 1 aromatic carbocycles. The van der Waals surface area contributed by atoms with E-state index >= 15 is 0 Å². The van der Waals surface area contributed by atoms with Gasteiger partial charge in [0.2, 0.25) is 5.88 Å². The Labute approximate surface area is 213 Å². The predicted molar refractivity (Wildman–Crippen MR) is 137 cm³/mol. The average Bonchev–Trinajstić information content (AvgIpc) is 2.86. The third-order valence-electron chi connectivity index (χ3n) is 7.54. The number of aromatic nitrogens is 1. The number of carbonyl (C=O) groups is 1. The van der Waals surface area contributed by atoms with Gasteiger partial charge in [0.1, 0.15) is 6.10 Å². The summed E-state index contributed by atoms with van der Waals surface area (Å²) in [4.78, 5) is 24.1. The molecule has 1 amide bonds. The molecule has 3 aliphatic heterocycles. The molecule has 8 nitrogen and oxygen atoms in total. The van der Waals surface area contributed by atoms with E-state index in [2.05, 4.69) is 39.0 Å². The number of rotatable bonds is 8. The number of fused-ring (bicyclic) bond motifs is 2. The van der Waals surface area contributed by atoms with Crippen LogP contribution in [0.25, 0.3) is 0 Å². The standard InChI is InChI=1S/C28H38N4O4/c1-20(33)16-30-13-9-24(10-14-30)36-27-7-6-25-26(29-27)11-15-32(28(25)35)19-23(34)18-31-12-8-21-4-2-3-5-22(21)17-31/h2-7,20,23-24,33-34H,8-19H2,1H3. The zero-order valence-corrected chi connectivity index (χ0v) is 21.2. The van der Waals surface area contributed by atoms with E-state index in [0.717, 1.165) is 51.1 Å². The van der Waals surface area contributed by atoms with Crippen molar-refractivity contribution in [3.63, 3.8) is 0 Å². The number of hydrogen-bond donors (Lipinski definition) is 2. The van der Waals surface area contributed by atoms with Crippen LogP contribution in [0.2, 0.25) is 0 Å². The maximum Gasteiger partial charge on any atom is 0.255 e. The van der Waals surface area contributed by atoms with Crippen molar-refractivity contribution in [2.24, 2.45) is 0 Å². The van der Waals surface area contributed by atoms with Crippen LogP contribution < -0.4 is 4.74 Å². The number of hydrogen-bond acceptors (Lipinski definition) is 7. The normalized spacial score (nSPS) is 21.1. The van der Waals surface area contributed by atoms with Gasteiger partial charge in [0, 0.05) is 64.8 Å². The van der Waals surface area contributed by atoms with E-state index in [-0.39, 0.29) is 18.1 Å². The Morgan fingerprint density at radius 2 is 1.72 bits per heavy atom. The van der Waals surface area contributed by atoms with Crippen LogP contribution in [-0.4, -0.2) is 99.9 Å². The SMILES string of the molecule is CC(O)CN1CCC(Oc2ccc3c(n2)CCN(CC(O)CN2CCc4ccccc4C2)C3=O)CC1. The first-order valence-electron chi connectivity index (χ1n) is 13.3. The molecule has 0 aliphatic carbocycles. The molecular formula is C28H38N4O4. The monoisotopic (exact) mass is 494 g/mol. The van der Waals surface area contributed by atoms with Gasteiger partial charge in [-0.25, -0.2) is 4.98 Å². The predicted octanol–water partition coefficient (Wildman–Crippen LogP) is 1.72. The number of carbonyl (C=O) groups excluding carboxylic acids is 1. The highest BCUT2D eigenvalue weighted by Gasteiger charge is 2.29. The summed E-state index contributed by atoms with van der Waals surface area (Å²) in [7, 11) is 0. The fraction of sp³-hybridized carbons (Fsp3) is 0.571. The number of amides is 1. The van der Waals surface area contributed by atoms with Crippen LogP contribution in [0.4, 0.5) is 0 Å². The fourth-order valence-electron chi connectivity index (χ4n) is 5.69. The number of nitrogens with zero attached hydrogens (tertiary/aromatic N) is 4. The molecule has 36 heavy (non-hydrogen) atoms. The number of piperidine rings is 1. The van der Waals surface area contributed by atoms with Crippen LogP contribution in [0.15, 0.2) is 36.4 Å². The number of ether oxygens (including phenoxy) is 1. The smallest absolute Gasteiger partial charge is 0.255 e. The highest BCUT2D eigenvalue weighted by atomic mass is 16.5. The topological polar surface area (TPSA) is 89.4 Å². The lowest BCUT2D eigenvalue weighted by atomic mass is 9.99.